The van der Waals surface area contributed by atoms with Crippen molar-refractivity contribution in [2.75, 3.05) is 31.5 Å². The van der Waals surface area contributed by atoms with Gasteiger partial charge in [-0.15, -0.1) is 0 Å². The Morgan fingerprint density at radius 3 is 2.16 bits per heavy atom. The molecule has 38 heavy (non-hydrogen) atoms. The third kappa shape index (κ3) is 4.38. The molecule has 1 aliphatic heterocycles. The molecule has 0 bridgehead atoms. The number of rotatable bonds is 5. The smallest absolute Gasteiger partial charge is 0.259 e. The Kier molecular flexibility index (Phi) is 6.61. The number of fused-ring (bicyclic) bond motifs is 1. The predicted molar refractivity (Wildman–Crippen MR) is 147 cm³/mol. The Bertz CT molecular complexity index is 1400. The number of methoxy groups -OCH3 is 3. The van der Waals surface area contributed by atoms with Crippen molar-refractivity contribution in [1.29, 1.82) is 0 Å². The average molecular weight is 513 g/mol. The Hall–Kier alpha value is -4.26. The van der Waals surface area contributed by atoms with Gasteiger partial charge in [-0.25, -0.2) is 0 Å². The van der Waals surface area contributed by atoms with Crippen molar-refractivity contribution in [3.63, 3.8) is 0 Å². The van der Waals surface area contributed by atoms with Crippen molar-refractivity contribution in [3.05, 3.63) is 89.1 Å². The summed E-state index contributed by atoms with van der Waals surface area (Å²) in [5, 5.41) is 3.54. The molecule has 196 valence electrons. The molecule has 7 nitrogen and oxygen atoms in total. The van der Waals surface area contributed by atoms with Crippen molar-refractivity contribution in [2.45, 2.75) is 32.7 Å². The van der Waals surface area contributed by atoms with Gasteiger partial charge in [-0.2, -0.15) is 0 Å². The zero-order chi connectivity index (χ0) is 27.0. The predicted octanol–water partition coefficient (Wildman–Crippen LogP) is 6.17. The fourth-order valence-corrected chi connectivity index (χ4v) is 5.51. The fraction of sp³-hybridized carbons (Fsp3) is 0.290. The highest BCUT2D eigenvalue weighted by Gasteiger charge is 2.44. The molecule has 7 heteroatoms. The van der Waals surface area contributed by atoms with Crippen molar-refractivity contribution < 1.29 is 23.8 Å². The van der Waals surface area contributed by atoms with Gasteiger partial charge in [0.25, 0.3) is 5.91 Å². The minimum Gasteiger partial charge on any atom is -0.493 e. The van der Waals surface area contributed by atoms with E-state index in [9.17, 15) is 9.59 Å². The van der Waals surface area contributed by atoms with Crippen LogP contribution in [0.2, 0.25) is 0 Å². The van der Waals surface area contributed by atoms with Gasteiger partial charge in [-0.05, 0) is 53.8 Å². The maximum absolute atomic E-state index is 14.3. The number of anilines is 2. The summed E-state index contributed by atoms with van der Waals surface area (Å²) in [5.41, 5.74) is 3.82. The molecule has 1 N–H and O–H groups in total. The third-order valence-electron chi connectivity index (χ3n) is 7.14. The van der Waals surface area contributed by atoms with Crippen LogP contribution >= 0.6 is 0 Å². The molecule has 3 aromatic rings. The molecule has 3 aromatic carbocycles. The first-order chi connectivity index (χ1) is 18.3. The highest BCUT2D eigenvalue weighted by Crippen LogP contribution is 2.50. The molecular formula is C31H32N2O5. The first kappa shape index (κ1) is 25.4. The Morgan fingerprint density at radius 2 is 1.53 bits per heavy atom. The van der Waals surface area contributed by atoms with Crippen molar-refractivity contribution >= 4 is 23.1 Å². The molecule has 0 saturated carbocycles. The standard InChI is InChI=1S/C31H32N2O5/c1-31(2)17-22-27(24(34)18-31)28(20-15-25(36-3)29(38-5)26(16-20)37-4)33(23-14-10-9-13-21(23)32-22)30(35)19-11-7-6-8-12-19/h6-16,28,32H,17-18H2,1-5H3/t28-/m0/s1. The number of amides is 1. The number of ketones is 1. The topological polar surface area (TPSA) is 77.1 Å². The van der Waals surface area contributed by atoms with E-state index in [0.29, 0.717) is 52.5 Å². The van der Waals surface area contributed by atoms with Gasteiger partial charge < -0.3 is 19.5 Å². The molecule has 0 unspecified atom stereocenters. The van der Waals surface area contributed by atoms with E-state index in [-0.39, 0.29) is 17.1 Å². The van der Waals surface area contributed by atoms with Gasteiger partial charge in [0.15, 0.2) is 17.3 Å². The van der Waals surface area contributed by atoms with Gasteiger partial charge in [-0.3, -0.25) is 14.5 Å². The largest absolute Gasteiger partial charge is 0.493 e. The maximum atomic E-state index is 14.3. The third-order valence-corrected chi connectivity index (χ3v) is 7.14. The molecule has 0 spiro atoms. The molecular weight excluding hydrogens is 480 g/mol. The molecule has 0 radical (unpaired) electrons. The minimum absolute atomic E-state index is 0.00108. The quantitative estimate of drug-likeness (QED) is 0.441. The lowest BCUT2D eigenvalue weighted by atomic mass is 9.73. The second kappa shape index (κ2) is 9.89. The summed E-state index contributed by atoms with van der Waals surface area (Å²) in [4.78, 5) is 30.0. The van der Waals surface area contributed by atoms with E-state index in [0.717, 1.165) is 11.4 Å². The number of carbonyl (C=O) groups is 2. The SMILES string of the molecule is COc1cc([C@H]2C3=C(CC(C)(C)CC3=O)Nc3ccccc3N2C(=O)c2ccccc2)cc(OC)c1OC. The van der Waals surface area contributed by atoms with Gasteiger partial charge in [0.2, 0.25) is 5.75 Å². The van der Waals surface area contributed by atoms with Crippen LogP contribution in [-0.2, 0) is 4.79 Å². The van der Waals surface area contributed by atoms with E-state index in [1.54, 1.807) is 38.4 Å². The van der Waals surface area contributed by atoms with Crippen LogP contribution in [0, 0.1) is 5.41 Å². The van der Waals surface area contributed by atoms with E-state index in [2.05, 4.69) is 19.2 Å². The normalized spacial score (nSPS) is 18.1. The Labute approximate surface area is 223 Å². The highest BCUT2D eigenvalue weighted by atomic mass is 16.5. The molecule has 0 fully saturated rings. The van der Waals surface area contributed by atoms with Crippen molar-refractivity contribution in [3.8, 4) is 17.2 Å². The van der Waals surface area contributed by atoms with E-state index in [1.165, 1.54) is 0 Å². The van der Waals surface area contributed by atoms with Gasteiger partial charge in [-0.1, -0.05) is 44.2 Å². The Morgan fingerprint density at radius 1 is 0.895 bits per heavy atom. The van der Waals surface area contributed by atoms with Crippen LogP contribution < -0.4 is 24.4 Å². The number of benzene rings is 3. The first-order valence-electron chi connectivity index (χ1n) is 12.6. The molecule has 5 rings (SSSR count). The molecule has 0 aromatic heterocycles. The first-order valence-corrected chi connectivity index (χ1v) is 12.6. The molecule has 2 aliphatic rings. The number of ether oxygens (including phenoxy) is 3. The monoisotopic (exact) mass is 512 g/mol. The number of para-hydroxylation sites is 2. The van der Waals surface area contributed by atoms with Crippen LogP contribution in [0.1, 0.15) is 48.7 Å². The zero-order valence-electron chi connectivity index (χ0n) is 22.3. The van der Waals surface area contributed by atoms with E-state index in [4.69, 9.17) is 14.2 Å². The molecule has 1 atom stereocenters. The lowest BCUT2D eigenvalue weighted by Crippen LogP contribution is -2.39. The van der Waals surface area contributed by atoms with Crippen LogP contribution in [-0.4, -0.2) is 33.0 Å². The average Bonchev–Trinajstić information content (AvgIpc) is 3.05. The highest BCUT2D eigenvalue weighted by molar-refractivity contribution is 6.12. The van der Waals surface area contributed by atoms with E-state index >= 15 is 0 Å². The second-order valence-electron chi connectivity index (χ2n) is 10.4. The number of allylic oxidation sites excluding steroid dienone is 1. The van der Waals surface area contributed by atoms with Crippen LogP contribution in [0.3, 0.4) is 0 Å². The van der Waals surface area contributed by atoms with Crippen LogP contribution in [0.5, 0.6) is 17.2 Å². The summed E-state index contributed by atoms with van der Waals surface area (Å²) < 4.78 is 16.9. The van der Waals surface area contributed by atoms with Gasteiger partial charge in [0.1, 0.15) is 0 Å². The van der Waals surface area contributed by atoms with Crippen molar-refractivity contribution in [2.24, 2.45) is 5.41 Å². The number of Topliss-reactive ketones (excluding diaryl/α,β-unsaturated/α-hetero) is 1. The summed E-state index contributed by atoms with van der Waals surface area (Å²) in [5.74, 6) is 1.12. The zero-order valence-corrected chi connectivity index (χ0v) is 22.3. The number of hydrogen-bond donors (Lipinski definition) is 1. The molecule has 1 heterocycles. The van der Waals surface area contributed by atoms with Crippen LogP contribution in [0.4, 0.5) is 11.4 Å². The minimum atomic E-state index is -0.730. The lowest BCUT2D eigenvalue weighted by molar-refractivity contribution is -0.118. The van der Waals surface area contributed by atoms with Gasteiger partial charge in [0.05, 0.1) is 38.7 Å². The maximum Gasteiger partial charge on any atom is 0.259 e. The van der Waals surface area contributed by atoms with Crippen molar-refractivity contribution in [1.82, 2.24) is 0 Å². The second-order valence-corrected chi connectivity index (χ2v) is 10.4. The summed E-state index contributed by atoms with van der Waals surface area (Å²) >= 11 is 0. The number of hydrogen-bond acceptors (Lipinski definition) is 6. The number of nitrogens with one attached hydrogen (secondary N) is 1. The number of nitrogens with zero attached hydrogens (tertiary/aromatic N) is 1. The summed E-state index contributed by atoms with van der Waals surface area (Å²) in [6.45, 7) is 4.18. The van der Waals surface area contributed by atoms with E-state index < -0.39 is 6.04 Å². The van der Waals surface area contributed by atoms with Gasteiger partial charge >= 0.3 is 0 Å². The fourth-order valence-electron chi connectivity index (χ4n) is 5.51. The van der Waals surface area contributed by atoms with E-state index in [1.807, 2.05) is 54.6 Å². The van der Waals surface area contributed by atoms with Crippen LogP contribution in [0.15, 0.2) is 78.0 Å². The molecule has 0 saturated heterocycles. The Balaban J connectivity index is 1.84. The molecule has 1 aliphatic carbocycles. The summed E-state index contributed by atoms with van der Waals surface area (Å²) in [6.07, 6.45) is 1.04. The molecule has 1 amide bonds. The summed E-state index contributed by atoms with van der Waals surface area (Å²) in [7, 11) is 4.65. The van der Waals surface area contributed by atoms with Crippen LogP contribution in [0.25, 0.3) is 0 Å². The summed E-state index contributed by atoms with van der Waals surface area (Å²) in [6, 6.07) is 19.7. The van der Waals surface area contributed by atoms with Gasteiger partial charge in [0, 0.05) is 23.3 Å². The number of carbonyl (C=O) groups excluding carboxylic acids is 2. The lowest BCUT2D eigenvalue weighted by Gasteiger charge is -2.37.